The van der Waals surface area contributed by atoms with Crippen LogP contribution in [-0.4, -0.2) is 55.3 Å². The summed E-state index contributed by atoms with van der Waals surface area (Å²) < 4.78 is 10.7. The Kier molecular flexibility index (Phi) is 7.39. The molecular weight excluding hydrogens is 248 g/mol. The number of anilines is 1. The SMILES string of the molecule is CCCNC(C)c1nnc(N(CCO)CCOC)o1. The Hall–Kier alpha value is -1.18. The van der Waals surface area contributed by atoms with E-state index >= 15 is 0 Å². The molecule has 1 heterocycles. The second-order valence-electron chi connectivity index (χ2n) is 4.30. The maximum Gasteiger partial charge on any atom is 0.318 e. The molecule has 1 aromatic rings. The average Bonchev–Trinajstić information content (AvgIpc) is 2.90. The zero-order chi connectivity index (χ0) is 14.1. The van der Waals surface area contributed by atoms with Crippen molar-refractivity contribution >= 4 is 6.01 Å². The van der Waals surface area contributed by atoms with E-state index in [0.29, 0.717) is 31.6 Å². The molecule has 0 amide bonds. The third-order valence-corrected chi connectivity index (χ3v) is 2.71. The van der Waals surface area contributed by atoms with Gasteiger partial charge in [0.25, 0.3) is 0 Å². The molecule has 0 aromatic carbocycles. The van der Waals surface area contributed by atoms with Crippen molar-refractivity contribution in [3.8, 4) is 0 Å². The van der Waals surface area contributed by atoms with Crippen LogP contribution in [-0.2, 0) is 4.74 Å². The molecule has 1 atom stereocenters. The maximum absolute atomic E-state index is 9.04. The van der Waals surface area contributed by atoms with Crippen LogP contribution in [0.25, 0.3) is 0 Å². The van der Waals surface area contributed by atoms with Crippen molar-refractivity contribution in [1.29, 1.82) is 0 Å². The van der Waals surface area contributed by atoms with Crippen molar-refractivity contribution in [2.45, 2.75) is 26.3 Å². The molecule has 1 unspecified atom stereocenters. The summed E-state index contributed by atoms with van der Waals surface area (Å²) in [7, 11) is 1.63. The number of hydrogen-bond donors (Lipinski definition) is 2. The van der Waals surface area contributed by atoms with Gasteiger partial charge in [0.2, 0.25) is 5.89 Å². The smallest absolute Gasteiger partial charge is 0.318 e. The number of rotatable bonds is 10. The van der Waals surface area contributed by atoms with Gasteiger partial charge in [0.15, 0.2) is 0 Å². The molecule has 0 saturated heterocycles. The number of ether oxygens (including phenoxy) is 1. The normalized spacial score (nSPS) is 12.6. The molecule has 0 aliphatic carbocycles. The highest BCUT2D eigenvalue weighted by Crippen LogP contribution is 2.16. The number of nitrogens with zero attached hydrogens (tertiary/aromatic N) is 3. The highest BCUT2D eigenvalue weighted by Gasteiger charge is 2.17. The van der Waals surface area contributed by atoms with Crippen LogP contribution < -0.4 is 10.2 Å². The second-order valence-corrected chi connectivity index (χ2v) is 4.30. The summed E-state index contributed by atoms with van der Waals surface area (Å²) in [6, 6.07) is 0.450. The van der Waals surface area contributed by atoms with Crippen LogP contribution in [0.2, 0.25) is 0 Å². The lowest BCUT2D eigenvalue weighted by molar-refractivity contribution is 0.201. The Labute approximate surface area is 114 Å². The van der Waals surface area contributed by atoms with Crippen molar-refractivity contribution in [3.63, 3.8) is 0 Å². The Bertz CT molecular complexity index is 345. The van der Waals surface area contributed by atoms with Gasteiger partial charge in [-0.25, -0.2) is 0 Å². The van der Waals surface area contributed by atoms with Gasteiger partial charge in [-0.15, -0.1) is 5.10 Å². The topological polar surface area (TPSA) is 83.7 Å². The van der Waals surface area contributed by atoms with E-state index in [1.54, 1.807) is 7.11 Å². The minimum atomic E-state index is 0.0274. The number of aliphatic hydroxyl groups is 1. The van der Waals surface area contributed by atoms with Gasteiger partial charge in [-0.05, 0) is 19.9 Å². The highest BCUT2D eigenvalue weighted by atomic mass is 16.5. The summed E-state index contributed by atoms with van der Waals surface area (Å²) in [5.41, 5.74) is 0. The van der Waals surface area contributed by atoms with Gasteiger partial charge in [-0.2, -0.15) is 0 Å². The summed E-state index contributed by atoms with van der Waals surface area (Å²) in [4.78, 5) is 1.81. The van der Waals surface area contributed by atoms with E-state index in [4.69, 9.17) is 14.3 Å². The van der Waals surface area contributed by atoms with Crippen LogP contribution in [0.4, 0.5) is 6.01 Å². The lowest BCUT2D eigenvalue weighted by Gasteiger charge is -2.18. The molecule has 0 fully saturated rings. The van der Waals surface area contributed by atoms with Crippen LogP contribution in [0.3, 0.4) is 0 Å². The summed E-state index contributed by atoms with van der Waals surface area (Å²) in [6.07, 6.45) is 1.05. The third-order valence-electron chi connectivity index (χ3n) is 2.71. The van der Waals surface area contributed by atoms with Gasteiger partial charge < -0.3 is 24.5 Å². The van der Waals surface area contributed by atoms with Crippen molar-refractivity contribution in [3.05, 3.63) is 5.89 Å². The quantitative estimate of drug-likeness (QED) is 0.644. The van der Waals surface area contributed by atoms with E-state index in [-0.39, 0.29) is 12.6 Å². The van der Waals surface area contributed by atoms with Gasteiger partial charge in [-0.3, -0.25) is 0 Å². The van der Waals surface area contributed by atoms with E-state index in [2.05, 4.69) is 22.4 Å². The van der Waals surface area contributed by atoms with Crippen molar-refractivity contribution in [2.24, 2.45) is 0 Å². The molecule has 0 aliphatic heterocycles. The fourth-order valence-corrected chi connectivity index (χ4v) is 1.60. The molecule has 7 heteroatoms. The summed E-state index contributed by atoms with van der Waals surface area (Å²) >= 11 is 0. The number of methoxy groups -OCH3 is 1. The van der Waals surface area contributed by atoms with E-state index < -0.39 is 0 Å². The molecule has 0 radical (unpaired) electrons. The van der Waals surface area contributed by atoms with Crippen molar-refractivity contribution in [1.82, 2.24) is 15.5 Å². The number of aliphatic hydroxyl groups excluding tert-OH is 1. The minimum absolute atomic E-state index is 0.0274. The molecule has 0 spiro atoms. The van der Waals surface area contributed by atoms with Crippen LogP contribution in [0.15, 0.2) is 4.42 Å². The van der Waals surface area contributed by atoms with E-state index in [1.165, 1.54) is 0 Å². The molecule has 0 aliphatic rings. The van der Waals surface area contributed by atoms with Crippen LogP contribution in [0.5, 0.6) is 0 Å². The van der Waals surface area contributed by atoms with Gasteiger partial charge in [0, 0.05) is 20.2 Å². The molecule has 7 nitrogen and oxygen atoms in total. The number of aromatic nitrogens is 2. The summed E-state index contributed by atoms with van der Waals surface area (Å²) in [5, 5.41) is 20.4. The lowest BCUT2D eigenvalue weighted by Crippen LogP contribution is -2.30. The van der Waals surface area contributed by atoms with E-state index in [0.717, 1.165) is 13.0 Å². The summed E-state index contributed by atoms with van der Waals surface area (Å²) in [6.45, 7) is 6.62. The van der Waals surface area contributed by atoms with E-state index in [1.807, 2.05) is 11.8 Å². The maximum atomic E-state index is 9.04. The molecular formula is C12H24N4O3. The molecule has 19 heavy (non-hydrogen) atoms. The fourth-order valence-electron chi connectivity index (χ4n) is 1.60. The van der Waals surface area contributed by atoms with E-state index in [9.17, 15) is 0 Å². The number of nitrogens with one attached hydrogen (secondary N) is 1. The first kappa shape index (κ1) is 15.9. The molecule has 2 N–H and O–H groups in total. The zero-order valence-corrected chi connectivity index (χ0v) is 11.9. The predicted molar refractivity (Wildman–Crippen MR) is 72.2 cm³/mol. The predicted octanol–water partition coefficient (Wildman–Crippen LogP) is 0.575. The average molecular weight is 272 g/mol. The van der Waals surface area contributed by atoms with Gasteiger partial charge in [-0.1, -0.05) is 12.0 Å². The third kappa shape index (κ3) is 5.14. The molecule has 1 aromatic heterocycles. The Morgan fingerprint density at radius 3 is 2.84 bits per heavy atom. The Morgan fingerprint density at radius 1 is 1.42 bits per heavy atom. The first-order valence-electron chi connectivity index (χ1n) is 6.64. The largest absolute Gasteiger partial charge is 0.406 e. The van der Waals surface area contributed by atoms with Gasteiger partial charge >= 0.3 is 6.01 Å². The van der Waals surface area contributed by atoms with Gasteiger partial charge in [0.1, 0.15) is 0 Å². The number of hydrogen-bond acceptors (Lipinski definition) is 7. The fraction of sp³-hybridized carbons (Fsp3) is 0.833. The monoisotopic (exact) mass is 272 g/mol. The lowest BCUT2D eigenvalue weighted by atomic mass is 10.3. The van der Waals surface area contributed by atoms with Crippen molar-refractivity contribution < 1.29 is 14.3 Å². The summed E-state index contributed by atoms with van der Waals surface area (Å²) in [5.74, 6) is 0.559. The molecule has 0 saturated carbocycles. The standard InChI is InChI=1S/C12H24N4O3/c1-4-5-13-10(2)11-14-15-12(19-11)16(6-8-17)7-9-18-3/h10,13,17H,4-9H2,1-3H3. The Morgan fingerprint density at radius 2 is 2.21 bits per heavy atom. The van der Waals surface area contributed by atoms with Crippen LogP contribution in [0, 0.1) is 0 Å². The van der Waals surface area contributed by atoms with Crippen LogP contribution in [0.1, 0.15) is 32.2 Å². The van der Waals surface area contributed by atoms with Crippen molar-refractivity contribution in [2.75, 3.05) is 44.9 Å². The Balaban J connectivity index is 2.63. The molecule has 1 rings (SSSR count). The first-order valence-corrected chi connectivity index (χ1v) is 6.64. The molecule has 0 bridgehead atoms. The zero-order valence-electron chi connectivity index (χ0n) is 11.9. The first-order chi connectivity index (χ1) is 9.22. The highest BCUT2D eigenvalue weighted by molar-refractivity contribution is 5.24. The minimum Gasteiger partial charge on any atom is -0.406 e. The molecule has 110 valence electrons. The second kappa shape index (κ2) is 8.84. The van der Waals surface area contributed by atoms with Gasteiger partial charge in [0.05, 0.1) is 19.3 Å². The van der Waals surface area contributed by atoms with Crippen LogP contribution >= 0.6 is 0 Å².